The summed E-state index contributed by atoms with van der Waals surface area (Å²) in [5.41, 5.74) is 3.93. The molecule has 2 aromatic rings. The SMILES string of the molecule is CCc1cc(CC)n(CCc2ccccc2)n1. The summed E-state index contributed by atoms with van der Waals surface area (Å²) in [5.74, 6) is 0. The fourth-order valence-electron chi connectivity index (χ4n) is 2.05. The summed E-state index contributed by atoms with van der Waals surface area (Å²) >= 11 is 0. The highest BCUT2D eigenvalue weighted by atomic mass is 15.3. The molecule has 0 spiro atoms. The molecule has 1 heterocycles. The van der Waals surface area contributed by atoms with Gasteiger partial charge in [-0.15, -0.1) is 0 Å². The Morgan fingerprint density at radius 3 is 2.47 bits per heavy atom. The fraction of sp³-hybridized carbons (Fsp3) is 0.400. The van der Waals surface area contributed by atoms with Gasteiger partial charge in [-0.1, -0.05) is 44.2 Å². The van der Waals surface area contributed by atoms with Crippen molar-refractivity contribution in [3.63, 3.8) is 0 Å². The summed E-state index contributed by atoms with van der Waals surface area (Å²) < 4.78 is 2.16. The van der Waals surface area contributed by atoms with E-state index in [1.807, 2.05) is 0 Å². The van der Waals surface area contributed by atoms with Gasteiger partial charge in [-0.2, -0.15) is 5.10 Å². The van der Waals surface area contributed by atoms with Gasteiger partial charge in [0.1, 0.15) is 0 Å². The molecule has 17 heavy (non-hydrogen) atoms. The maximum absolute atomic E-state index is 4.63. The van der Waals surface area contributed by atoms with Crippen molar-refractivity contribution in [2.75, 3.05) is 0 Å². The molecule has 0 fully saturated rings. The number of aromatic nitrogens is 2. The number of nitrogens with zero attached hydrogens (tertiary/aromatic N) is 2. The highest BCUT2D eigenvalue weighted by Gasteiger charge is 2.04. The number of hydrogen-bond donors (Lipinski definition) is 0. The van der Waals surface area contributed by atoms with Gasteiger partial charge in [-0.3, -0.25) is 4.68 Å². The molecular weight excluding hydrogens is 208 g/mol. The van der Waals surface area contributed by atoms with Crippen LogP contribution >= 0.6 is 0 Å². The molecule has 0 aliphatic carbocycles. The van der Waals surface area contributed by atoms with E-state index in [4.69, 9.17) is 0 Å². The topological polar surface area (TPSA) is 17.8 Å². The van der Waals surface area contributed by atoms with Gasteiger partial charge in [0.05, 0.1) is 5.69 Å². The predicted molar refractivity (Wildman–Crippen MR) is 71.1 cm³/mol. The summed E-state index contributed by atoms with van der Waals surface area (Å²) in [6.07, 6.45) is 3.13. The second kappa shape index (κ2) is 5.67. The highest BCUT2D eigenvalue weighted by molar-refractivity contribution is 5.15. The van der Waals surface area contributed by atoms with Gasteiger partial charge in [0.2, 0.25) is 0 Å². The molecule has 0 saturated carbocycles. The molecule has 0 bridgehead atoms. The second-order valence-electron chi connectivity index (χ2n) is 4.29. The smallest absolute Gasteiger partial charge is 0.0624 e. The normalized spacial score (nSPS) is 10.7. The summed E-state index contributed by atoms with van der Waals surface area (Å²) in [6.45, 7) is 5.33. The van der Waals surface area contributed by atoms with Crippen molar-refractivity contribution in [1.29, 1.82) is 0 Å². The van der Waals surface area contributed by atoms with E-state index in [0.717, 1.165) is 25.8 Å². The molecule has 0 atom stereocenters. The third kappa shape index (κ3) is 2.96. The third-order valence-electron chi connectivity index (χ3n) is 3.09. The zero-order chi connectivity index (χ0) is 12.1. The quantitative estimate of drug-likeness (QED) is 0.768. The summed E-state index contributed by atoms with van der Waals surface area (Å²) in [7, 11) is 0. The van der Waals surface area contributed by atoms with Gasteiger partial charge < -0.3 is 0 Å². The Morgan fingerprint density at radius 2 is 1.82 bits per heavy atom. The summed E-state index contributed by atoms with van der Waals surface area (Å²) in [6, 6.07) is 12.8. The minimum Gasteiger partial charge on any atom is -0.269 e. The van der Waals surface area contributed by atoms with E-state index < -0.39 is 0 Å². The van der Waals surface area contributed by atoms with Gasteiger partial charge in [-0.05, 0) is 30.9 Å². The van der Waals surface area contributed by atoms with Crippen LogP contribution in [-0.4, -0.2) is 9.78 Å². The summed E-state index contributed by atoms with van der Waals surface area (Å²) in [4.78, 5) is 0. The molecule has 0 unspecified atom stereocenters. The Kier molecular flexibility index (Phi) is 3.97. The van der Waals surface area contributed by atoms with Crippen LogP contribution in [0.25, 0.3) is 0 Å². The monoisotopic (exact) mass is 228 g/mol. The Morgan fingerprint density at radius 1 is 1.06 bits per heavy atom. The average Bonchev–Trinajstić information content (AvgIpc) is 2.80. The van der Waals surface area contributed by atoms with E-state index >= 15 is 0 Å². The largest absolute Gasteiger partial charge is 0.269 e. The van der Waals surface area contributed by atoms with Gasteiger partial charge in [0.25, 0.3) is 0 Å². The van der Waals surface area contributed by atoms with Crippen LogP contribution in [0.4, 0.5) is 0 Å². The second-order valence-corrected chi connectivity index (χ2v) is 4.29. The molecule has 90 valence electrons. The van der Waals surface area contributed by atoms with Crippen LogP contribution in [0.2, 0.25) is 0 Å². The van der Waals surface area contributed by atoms with Crippen molar-refractivity contribution in [2.24, 2.45) is 0 Å². The predicted octanol–water partition coefficient (Wildman–Crippen LogP) is 3.25. The van der Waals surface area contributed by atoms with Crippen molar-refractivity contribution in [1.82, 2.24) is 9.78 Å². The van der Waals surface area contributed by atoms with Crippen LogP contribution in [-0.2, 0) is 25.8 Å². The number of rotatable bonds is 5. The average molecular weight is 228 g/mol. The van der Waals surface area contributed by atoms with Gasteiger partial charge in [0, 0.05) is 12.2 Å². The van der Waals surface area contributed by atoms with Crippen molar-refractivity contribution >= 4 is 0 Å². The Hall–Kier alpha value is -1.57. The molecule has 0 aliphatic heterocycles. The lowest BCUT2D eigenvalue weighted by Gasteiger charge is -2.05. The van der Waals surface area contributed by atoms with Gasteiger partial charge in [0.15, 0.2) is 0 Å². The lowest BCUT2D eigenvalue weighted by Crippen LogP contribution is -2.07. The van der Waals surface area contributed by atoms with Crippen LogP contribution in [0.1, 0.15) is 30.8 Å². The van der Waals surface area contributed by atoms with E-state index in [2.05, 4.69) is 60.0 Å². The van der Waals surface area contributed by atoms with Crippen LogP contribution < -0.4 is 0 Å². The van der Waals surface area contributed by atoms with E-state index in [0.29, 0.717) is 0 Å². The minimum absolute atomic E-state index is 0.979. The van der Waals surface area contributed by atoms with Crippen LogP contribution in [0.15, 0.2) is 36.4 Å². The molecule has 0 radical (unpaired) electrons. The third-order valence-corrected chi connectivity index (χ3v) is 3.09. The molecule has 0 N–H and O–H groups in total. The highest BCUT2D eigenvalue weighted by Crippen LogP contribution is 2.08. The minimum atomic E-state index is 0.979. The Balaban J connectivity index is 2.05. The van der Waals surface area contributed by atoms with Crippen molar-refractivity contribution in [3.05, 3.63) is 53.3 Å². The fourth-order valence-corrected chi connectivity index (χ4v) is 2.05. The first-order valence-electron chi connectivity index (χ1n) is 6.43. The lowest BCUT2D eigenvalue weighted by atomic mass is 10.1. The van der Waals surface area contributed by atoms with Crippen LogP contribution in [0, 0.1) is 0 Å². The maximum Gasteiger partial charge on any atom is 0.0624 e. The zero-order valence-electron chi connectivity index (χ0n) is 10.7. The number of benzene rings is 1. The molecule has 0 aliphatic rings. The lowest BCUT2D eigenvalue weighted by molar-refractivity contribution is 0.581. The van der Waals surface area contributed by atoms with Crippen LogP contribution in [0.3, 0.4) is 0 Å². The molecule has 2 nitrogen and oxygen atoms in total. The molecule has 1 aromatic carbocycles. The molecule has 0 amide bonds. The van der Waals surface area contributed by atoms with Gasteiger partial charge >= 0.3 is 0 Å². The summed E-state index contributed by atoms with van der Waals surface area (Å²) in [5, 5.41) is 4.63. The zero-order valence-corrected chi connectivity index (χ0v) is 10.7. The van der Waals surface area contributed by atoms with E-state index in [1.165, 1.54) is 17.0 Å². The molecule has 2 heteroatoms. The maximum atomic E-state index is 4.63. The van der Waals surface area contributed by atoms with Crippen LogP contribution in [0.5, 0.6) is 0 Å². The van der Waals surface area contributed by atoms with Crippen molar-refractivity contribution in [3.8, 4) is 0 Å². The van der Waals surface area contributed by atoms with Crippen molar-refractivity contribution in [2.45, 2.75) is 39.7 Å². The molecule has 1 aromatic heterocycles. The molecule has 2 rings (SSSR count). The number of aryl methyl sites for hydroxylation is 4. The van der Waals surface area contributed by atoms with Crippen molar-refractivity contribution < 1.29 is 0 Å². The first-order chi connectivity index (χ1) is 8.33. The Labute approximate surface area is 103 Å². The number of hydrogen-bond acceptors (Lipinski definition) is 1. The molecule has 0 saturated heterocycles. The first kappa shape index (κ1) is 11.9. The van der Waals surface area contributed by atoms with Gasteiger partial charge in [-0.25, -0.2) is 0 Å². The Bertz CT molecular complexity index is 457. The standard InChI is InChI=1S/C15H20N2/c1-3-14-12-15(4-2)17(16-14)11-10-13-8-6-5-7-9-13/h5-9,12H,3-4,10-11H2,1-2H3. The van der Waals surface area contributed by atoms with E-state index in [1.54, 1.807) is 0 Å². The molecular formula is C15H20N2. The van der Waals surface area contributed by atoms with E-state index in [9.17, 15) is 0 Å². The van der Waals surface area contributed by atoms with E-state index in [-0.39, 0.29) is 0 Å². The first-order valence-corrected chi connectivity index (χ1v) is 6.43.